The summed E-state index contributed by atoms with van der Waals surface area (Å²) in [6.45, 7) is 4.37. The minimum absolute atomic E-state index is 0.737. The molecule has 0 bridgehead atoms. The zero-order valence-electron chi connectivity index (χ0n) is 13.5. The Labute approximate surface area is 145 Å². The van der Waals surface area contributed by atoms with Gasteiger partial charge < -0.3 is 4.90 Å². The molecular weight excluding hydrogens is 316 g/mol. The van der Waals surface area contributed by atoms with Crippen LogP contribution >= 0.6 is 11.3 Å². The van der Waals surface area contributed by atoms with Crippen LogP contribution in [0.25, 0.3) is 10.2 Å². The molecule has 1 saturated carbocycles. The third-order valence-electron chi connectivity index (χ3n) is 5.29. The van der Waals surface area contributed by atoms with Crippen LogP contribution < -0.4 is 4.90 Å². The molecule has 1 saturated heterocycles. The van der Waals surface area contributed by atoms with Gasteiger partial charge in [0, 0.05) is 38.1 Å². The van der Waals surface area contributed by atoms with E-state index in [0.717, 1.165) is 49.5 Å². The van der Waals surface area contributed by atoms with Gasteiger partial charge in [-0.1, -0.05) is 30.3 Å². The number of anilines is 1. The fraction of sp³-hybridized carbons (Fsp3) is 0.368. The van der Waals surface area contributed by atoms with Crippen LogP contribution in [0.2, 0.25) is 0 Å². The number of benzene rings is 1. The first-order valence-electron chi connectivity index (χ1n) is 8.62. The van der Waals surface area contributed by atoms with Gasteiger partial charge in [0.15, 0.2) is 0 Å². The van der Waals surface area contributed by atoms with Crippen molar-refractivity contribution in [2.45, 2.75) is 18.4 Å². The monoisotopic (exact) mass is 336 g/mol. The second kappa shape index (κ2) is 5.83. The average molecular weight is 336 g/mol. The Morgan fingerprint density at radius 2 is 1.79 bits per heavy atom. The van der Waals surface area contributed by atoms with Gasteiger partial charge in [-0.05, 0) is 23.4 Å². The molecule has 0 radical (unpaired) electrons. The van der Waals surface area contributed by atoms with Crippen molar-refractivity contribution in [1.29, 1.82) is 0 Å². The molecule has 0 unspecified atom stereocenters. The van der Waals surface area contributed by atoms with E-state index in [1.54, 1.807) is 17.7 Å². The second-order valence-electron chi connectivity index (χ2n) is 6.68. The summed E-state index contributed by atoms with van der Waals surface area (Å²) >= 11 is 1.74. The average Bonchev–Trinajstić information content (AvgIpc) is 3.31. The van der Waals surface area contributed by atoms with Crippen LogP contribution in [0, 0.1) is 0 Å². The van der Waals surface area contributed by atoms with Crippen LogP contribution in [0.5, 0.6) is 0 Å². The summed E-state index contributed by atoms with van der Waals surface area (Å²) in [5.74, 6) is 1.85. The highest BCUT2D eigenvalue weighted by atomic mass is 32.1. The highest BCUT2D eigenvalue weighted by Crippen LogP contribution is 2.45. The SMILES string of the molecule is c1ccc([C@@H]2C[C@@H]2N2CCN(c3ncnc4ccsc34)CC2)cc1. The van der Waals surface area contributed by atoms with E-state index in [0.29, 0.717) is 0 Å². The molecule has 2 fully saturated rings. The Balaban J connectivity index is 1.26. The zero-order valence-corrected chi connectivity index (χ0v) is 14.3. The molecule has 0 N–H and O–H groups in total. The first kappa shape index (κ1) is 14.4. The first-order valence-corrected chi connectivity index (χ1v) is 9.50. The molecule has 2 atom stereocenters. The second-order valence-corrected chi connectivity index (χ2v) is 7.59. The van der Waals surface area contributed by atoms with E-state index >= 15 is 0 Å². The summed E-state index contributed by atoms with van der Waals surface area (Å²) in [7, 11) is 0. The molecule has 5 heteroatoms. The molecule has 122 valence electrons. The van der Waals surface area contributed by atoms with Gasteiger partial charge in [-0.3, -0.25) is 4.90 Å². The third-order valence-corrected chi connectivity index (χ3v) is 6.19. The van der Waals surface area contributed by atoms with Crippen molar-refractivity contribution in [3.8, 4) is 0 Å². The lowest BCUT2D eigenvalue weighted by molar-refractivity contribution is 0.244. The van der Waals surface area contributed by atoms with Gasteiger partial charge in [-0.25, -0.2) is 9.97 Å². The van der Waals surface area contributed by atoms with E-state index in [9.17, 15) is 0 Å². The van der Waals surface area contributed by atoms with Crippen LogP contribution in [-0.4, -0.2) is 47.1 Å². The van der Waals surface area contributed by atoms with Crippen LogP contribution in [0.15, 0.2) is 48.1 Å². The Kier molecular flexibility index (Phi) is 3.49. The lowest BCUT2D eigenvalue weighted by Gasteiger charge is -2.35. The molecule has 1 aromatic carbocycles. The maximum absolute atomic E-state index is 4.56. The van der Waals surface area contributed by atoms with Gasteiger partial charge in [0.2, 0.25) is 0 Å². The maximum Gasteiger partial charge on any atom is 0.150 e. The first-order chi connectivity index (χ1) is 11.9. The molecule has 4 nitrogen and oxygen atoms in total. The number of hydrogen-bond donors (Lipinski definition) is 0. The van der Waals surface area contributed by atoms with Gasteiger partial charge >= 0.3 is 0 Å². The van der Waals surface area contributed by atoms with Crippen molar-refractivity contribution in [2.75, 3.05) is 31.1 Å². The quantitative estimate of drug-likeness (QED) is 0.734. The Morgan fingerprint density at radius 1 is 0.958 bits per heavy atom. The van der Waals surface area contributed by atoms with Crippen molar-refractivity contribution in [1.82, 2.24) is 14.9 Å². The van der Waals surface area contributed by atoms with Crippen molar-refractivity contribution in [2.24, 2.45) is 0 Å². The fourth-order valence-corrected chi connectivity index (χ4v) is 4.77. The fourth-order valence-electron chi connectivity index (χ4n) is 3.91. The normalized spacial score (nSPS) is 24.4. The molecule has 1 aliphatic heterocycles. The van der Waals surface area contributed by atoms with E-state index in [-0.39, 0.29) is 0 Å². The lowest BCUT2D eigenvalue weighted by atomic mass is 10.1. The van der Waals surface area contributed by atoms with Gasteiger partial charge in [0.05, 0.1) is 10.2 Å². The summed E-state index contributed by atoms with van der Waals surface area (Å²) in [5.41, 5.74) is 2.57. The predicted molar refractivity (Wildman–Crippen MR) is 98.8 cm³/mol. The molecule has 1 aliphatic carbocycles. The minimum atomic E-state index is 0.737. The van der Waals surface area contributed by atoms with Gasteiger partial charge in [-0.15, -0.1) is 11.3 Å². The van der Waals surface area contributed by atoms with Crippen LogP contribution in [0.1, 0.15) is 17.9 Å². The molecule has 0 spiro atoms. The molecule has 3 heterocycles. The summed E-state index contributed by atoms with van der Waals surface area (Å²) in [5, 5.41) is 2.10. The lowest BCUT2D eigenvalue weighted by Crippen LogP contribution is -2.47. The number of aromatic nitrogens is 2. The zero-order chi connectivity index (χ0) is 15.9. The van der Waals surface area contributed by atoms with Crippen LogP contribution in [-0.2, 0) is 0 Å². The topological polar surface area (TPSA) is 32.3 Å². The molecule has 5 rings (SSSR count). The minimum Gasteiger partial charge on any atom is -0.353 e. The van der Waals surface area contributed by atoms with Crippen LogP contribution in [0.3, 0.4) is 0 Å². The number of rotatable bonds is 3. The highest BCUT2D eigenvalue weighted by Gasteiger charge is 2.43. The van der Waals surface area contributed by atoms with Crippen molar-refractivity contribution in [3.05, 3.63) is 53.7 Å². The van der Waals surface area contributed by atoms with Gasteiger partial charge in [0.25, 0.3) is 0 Å². The number of piperazine rings is 1. The largest absolute Gasteiger partial charge is 0.353 e. The van der Waals surface area contributed by atoms with Crippen LogP contribution in [0.4, 0.5) is 5.82 Å². The Bertz CT molecular complexity index is 839. The Morgan fingerprint density at radius 3 is 2.62 bits per heavy atom. The summed E-state index contributed by atoms with van der Waals surface area (Å²) in [6.07, 6.45) is 3.01. The standard InChI is InChI=1S/C19H20N4S/c1-2-4-14(5-3-1)15-12-17(15)22-7-9-23(10-8-22)19-18-16(6-11-24-18)20-13-21-19/h1-6,11,13,15,17H,7-10,12H2/t15-,17-/m0/s1. The smallest absolute Gasteiger partial charge is 0.150 e. The molecule has 24 heavy (non-hydrogen) atoms. The van der Waals surface area contributed by atoms with Crippen molar-refractivity contribution >= 4 is 27.4 Å². The summed E-state index contributed by atoms with van der Waals surface area (Å²) in [4.78, 5) is 14.0. The summed E-state index contributed by atoms with van der Waals surface area (Å²) in [6, 6.07) is 13.8. The summed E-state index contributed by atoms with van der Waals surface area (Å²) < 4.78 is 1.22. The molecule has 0 amide bonds. The van der Waals surface area contributed by atoms with Crippen molar-refractivity contribution in [3.63, 3.8) is 0 Å². The number of hydrogen-bond acceptors (Lipinski definition) is 5. The van der Waals surface area contributed by atoms with Gasteiger partial charge in [-0.2, -0.15) is 0 Å². The highest BCUT2D eigenvalue weighted by molar-refractivity contribution is 7.17. The number of thiophene rings is 1. The number of nitrogens with zero attached hydrogens (tertiary/aromatic N) is 4. The van der Waals surface area contributed by atoms with E-state index in [2.05, 4.69) is 61.5 Å². The predicted octanol–water partition coefficient (Wildman–Crippen LogP) is 3.37. The maximum atomic E-state index is 4.56. The van der Waals surface area contributed by atoms with E-state index in [1.807, 2.05) is 0 Å². The van der Waals surface area contributed by atoms with E-state index in [4.69, 9.17) is 0 Å². The molecule has 3 aromatic rings. The van der Waals surface area contributed by atoms with Crippen molar-refractivity contribution < 1.29 is 0 Å². The van der Waals surface area contributed by atoms with Gasteiger partial charge in [0.1, 0.15) is 12.1 Å². The Hall–Kier alpha value is -1.98. The number of fused-ring (bicyclic) bond motifs is 1. The molecule has 2 aromatic heterocycles. The van der Waals surface area contributed by atoms with E-state index in [1.165, 1.54) is 16.7 Å². The third kappa shape index (κ3) is 2.48. The molecule has 2 aliphatic rings. The van der Waals surface area contributed by atoms with E-state index < -0.39 is 0 Å². The molecular formula is C19H20N4S.